The molecule has 0 aliphatic rings. The summed E-state index contributed by atoms with van der Waals surface area (Å²) >= 11 is 1.99. The molecule has 0 saturated carbocycles. The number of carbonyl (C=O) groups is 2. The number of hydrogen-bond acceptors (Lipinski definition) is 4. The summed E-state index contributed by atoms with van der Waals surface area (Å²) in [5.74, 6) is -1.91. The Morgan fingerprint density at radius 1 is 1.43 bits per heavy atom. The van der Waals surface area contributed by atoms with Crippen LogP contribution in [0.25, 0.3) is 0 Å². The van der Waals surface area contributed by atoms with Gasteiger partial charge in [0.2, 0.25) is 0 Å². The molecule has 0 atom stereocenters. The van der Waals surface area contributed by atoms with Gasteiger partial charge in [-0.2, -0.15) is 0 Å². The zero-order valence-electron chi connectivity index (χ0n) is 7.24. The minimum Gasteiger partial charge on any atom is -0.545 e. The molecule has 0 spiro atoms. The van der Waals surface area contributed by atoms with Gasteiger partial charge in [0.15, 0.2) is 0 Å². The van der Waals surface area contributed by atoms with Crippen molar-refractivity contribution in [3.05, 3.63) is 27.3 Å². The van der Waals surface area contributed by atoms with E-state index >= 15 is 0 Å². The van der Waals surface area contributed by atoms with E-state index in [1.165, 1.54) is 19.1 Å². The first-order valence-electron chi connectivity index (χ1n) is 3.70. The average molecular weight is 305 g/mol. The molecule has 74 valence electrons. The lowest BCUT2D eigenvalue weighted by Crippen LogP contribution is -2.23. The minimum atomic E-state index is -1.36. The molecule has 0 amide bonds. The maximum Gasteiger partial charge on any atom is 0.308 e. The Hall–Kier alpha value is -1.11. The summed E-state index contributed by atoms with van der Waals surface area (Å²) in [6, 6.07) is 4.40. The van der Waals surface area contributed by atoms with Crippen LogP contribution in [-0.4, -0.2) is 11.9 Å². The molecule has 0 fully saturated rings. The fraction of sp³-hybridized carbons (Fsp3) is 0.111. The Morgan fingerprint density at radius 2 is 2.07 bits per heavy atom. The van der Waals surface area contributed by atoms with Gasteiger partial charge >= 0.3 is 5.97 Å². The summed E-state index contributed by atoms with van der Waals surface area (Å²) < 4.78 is 5.50. The lowest BCUT2D eigenvalue weighted by molar-refractivity contribution is -0.255. The van der Waals surface area contributed by atoms with Gasteiger partial charge in [-0.25, -0.2) is 0 Å². The van der Waals surface area contributed by atoms with Gasteiger partial charge in [0, 0.05) is 16.1 Å². The van der Waals surface area contributed by atoms with Gasteiger partial charge in [0.05, 0.1) is 5.97 Å². The second kappa shape index (κ2) is 4.41. The smallest absolute Gasteiger partial charge is 0.308 e. The second-order valence-electron chi connectivity index (χ2n) is 2.52. The SMILES string of the molecule is CC(=O)Oc1cc(I)ccc1C(=O)[O-]. The maximum atomic E-state index is 10.7. The van der Waals surface area contributed by atoms with Gasteiger partial charge in [-0.05, 0) is 40.8 Å². The number of benzene rings is 1. The van der Waals surface area contributed by atoms with Crippen LogP contribution in [0, 0.1) is 3.57 Å². The number of carbonyl (C=O) groups excluding carboxylic acids is 2. The molecule has 0 N–H and O–H groups in total. The summed E-state index contributed by atoms with van der Waals surface area (Å²) in [5.41, 5.74) is -0.124. The Morgan fingerprint density at radius 3 is 2.57 bits per heavy atom. The molecule has 14 heavy (non-hydrogen) atoms. The van der Waals surface area contributed by atoms with E-state index in [4.69, 9.17) is 4.74 Å². The number of esters is 1. The Labute approximate surface area is 94.0 Å². The minimum absolute atomic E-state index is 0.0180. The van der Waals surface area contributed by atoms with E-state index in [0.29, 0.717) is 0 Å². The Bertz CT molecular complexity index is 386. The summed E-state index contributed by atoms with van der Waals surface area (Å²) in [7, 11) is 0. The first kappa shape index (κ1) is 11.0. The summed E-state index contributed by atoms with van der Waals surface area (Å²) in [4.78, 5) is 21.3. The van der Waals surface area contributed by atoms with Crippen LogP contribution in [-0.2, 0) is 4.79 Å². The molecule has 0 aromatic heterocycles. The van der Waals surface area contributed by atoms with Crippen LogP contribution in [0.1, 0.15) is 17.3 Å². The Kier molecular flexibility index (Phi) is 3.45. The van der Waals surface area contributed by atoms with Crippen molar-refractivity contribution < 1.29 is 19.4 Å². The predicted molar refractivity (Wildman–Crippen MR) is 54.8 cm³/mol. The van der Waals surface area contributed by atoms with Gasteiger partial charge in [-0.15, -0.1) is 0 Å². The van der Waals surface area contributed by atoms with E-state index in [1.54, 1.807) is 6.07 Å². The topological polar surface area (TPSA) is 66.4 Å². The van der Waals surface area contributed by atoms with Crippen LogP contribution < -0.4 is 9.84 Å². The molecule has 0 aliphatic heterocycles. The molecule has 1 rings (SSSR count). The fourth-order valence-corrected chi connectivity index (χ4v) is 1.37. The number of halogens is 1. The summed E-state index contributed by atoms with van der Waals surface area (Å²) in [6.45, 7) is 1.21. The normalized spacial score (nSPS) is 9.57. The van der Waals surface area contributed by atoms with Crippen molar-refractivity contribution in [2.75, 3.05) is 0 Å². The molecular weight excluding hydrogens is 299 g/mol. The molecule has 1 aromatic rings. The number of hydrogen-bond donors (Lipinski definition) is 0. The highest BCUT2D eigenvalue weighted by molar-refractivity contribution is 14.1. The van der Waals surface area contributed by atoms with E-state index in [-0.39, 0.29) is 11.3 Å². The quantitative estimate of drug-likeness (QED) is 0.455. The highest BCUT2D eigenvalue weighted by Gasteiger charge is 2.07. The van der Waals surface area contributed by atoms with Crippen LogP contribution in [0.15, 0.2) is 18.2 Å². The molecule has 0 heterocycles. The molecule has 0 aliphatic carbocycles. The number of aromatic carboxylic acids is 1. The van der Waals surface area contributed by atoms with E-state index in [1.807, 2.05) is 22.6 Å². The fourth-order valence-electron chi connectivity index (χ4n) is 0.904. The van der Waals surface area contributed by atoms with Crippen LogP contribution in [0.5, 0.6) is 5.75 Å². The highest BCUT2D eigenvalue weighted by atomic mass is 127. The van der Waals surface area contributed by atoms with Crippen LogP contribution >= 0.6 is 22.6 Å². The largest absolute Gasteiger partial charge is 0.545 e. The van der Waals surface area contributed by atoms with Gasteiger partial charge < -0.3 is 14.6 Å². The van der Waals surface area contributed by atoms with E-state index < -0.39 is 11.9 Å². The number of carboxylic acids is 1. The third kappa shape index (κ3) is 2.69. The van der Waals surface area contributed by atoms with Crippen molar-refractivity contribution in [1.82, 2.24) is 0 Å². The van der Waals surface area contributed by atoms with Gasteiger partial charge in [0.1, 0.15) is 5.75 Å². The first-order valence-corrected chi connectivity index (χ1v) is 4.78. The first-order chi connectivity index (χ1) is 6.50. The van der Waals surface area contributed by atoms with Gasteiger partial charge in [-0.3, -0.25) is 4.79 Å². The zero-order chi connectivity index (χ0) is 10.7. The van der Waals surface area contributed by atoms with Crippen LogP contribution in [0.2, 0.25) is 0 Å². The number of rotatable bonds is 2. The van der Waals surface area contributed by atoms with Crippen LogP contribution in [0.4, 0.5) is 0 Å². The Balaban J connectivity index is 3.15. The molecule has 0 bridgehead atoms. The molecular formula is C9H6IO4-. The molecule has 0 unspecified atom stereocenters. The predicted octanol–water partition coefficient (Wildman–Crippen LogP) is 0.580. The van der Waals surface area contributed by atoms with Crippen molar-refractivity contribution in [1.29, 1.82) is 0 Å². The van der Waals surface area contributed by atoms with Crippen molar-refractivity contribution in [2.24, 2.45) is 0 Å². The van der Waals surface area contributed by atoms with Crippen molar-refractivity contribution in [2.45, 2.75) is 6.92 Å². The lowest BCUT2D eigenvalue weighted by Gasteiger charge is -2.09. The lowest BCUT2D eigenvalue weighted by atomic mass is 10.2. The molecule has 0 saturated heterocycles. The highest BCUT2D eigenvalue weighted by Crippen LogP contribution is 2.21. The molecule has 1 aromatic carbocycles. The standard InChI is InChI=1S/C9H7IO4/c1-5(11)14-8-4-6(10)2-3-7(8)9(12)13/h2-4H,1H3,(H,12,13)/p-1. The average Bonchev–Trinajstić information content (AvgIpc) is 2.01. The van der Waals surface area contributed by atoms with E-state index in [0.717, 1.165) is 3.57 Å². The summed E-state index contributed by atoms with van der Waals surface area (Å²) in [6.07, 6.45) is 0. The zero-order valence-corrected chi connectivity index (χ0v) is 9.40. The van der Waals surface area contributed by atoms with Crippen molar-refractivity contribution >= 4 is 34.5 Å². The third-order valence-electron chi connectivity index (χ3n) is 1.42. The molecule has 5 heteroatoms. The van der Waals surface area contributed by atoms with E-state index in [9.17, 15) is 14.7 Å². The summed E-state index contributed by atoms with van der Waals surface area (Å²) in [5, 5.41) is 10.6. The van der Waals surface area contributed by atoms with Crippen molar-refractivity contribution in [3.63, 3.8) is 0 Å². The van der Waals surface area contributed by atoms with Gasteiger partial charge in [0.25, 0.3) is 0 Å². The third-order valence-corrected chi connectivity index (χ3v) is 2.09. The van der Waals surface area contributed by atoms with Crippen LogP contribution in [0.3, 0.4) is 0 Å². The van der Waals surface area contributed by atoms with Gasteiger partial charge in [-0.1, -0.05) is 0 Å². The van der Waals surface area contributed by atoms with Crippen molar-refractivity contribution in [3.8, 4) is 5.75 Å². The molecule has 4 nitrogen and oxygen atoms in total. The maximum absolute atomic E-state index is 10.7. The molecule has 0 radical (unpaired) electrons. The number of ether oxygens (including phenoxy) is 1. The monoisotopic (exact) mass is 305 g/mol. The number of carboxylic acid groups (broad SMARTS) is 1. The van der Waals surface area contributed by atoms with E-state index in [2.05, 4.69) is 0 Å². The second-order valence-corrected chi connectivity index (χ2v) is 3.77.